The highest BCUT2D eigenvalue weighted by molar-refractivity contribution is 6.74. The molecule has 0 aliphatic rings. The van der Waals surface area contributed by atoms with Crippen LogP contribution in [0.5, 0.6) is 5.75 Å². The van der Waals surface area contributed by atoms with E-state index in [1.54, 1.807) is 12.1 Å². The summed E-state index contributed by atoms with van der Waals surface area (Å²) in [6.07, 6.45) is 2.53. The monoisotopic (exact) mass is 262 g/mol. The average molecular weight is 262 g/mol. The zero-order chi connectivity index (χ0) is 14.0. The number of hydrogen-bond donors (Lipinski definition) is 0. The molecule has 0 aliphatic carbocycles. The van der Waals surface area contributed by atoms with E-state index >= 15 is 0 Å². The second-order valence-corrected chi connectivity index (χ2v) is 10.7. The van der Waals surface area contributed by atoms with Crippen molar-refractivity contribution in [2.75, 3.05) is 0 Å². The maximum absolute atomic E-state index is 11.0. The quantitative estimate of drug-likeness (QED) is 0.589. The number of benzene rings is 1. The molecule has 1 aromatic carbocycles. The van der Waals surface area contributed by atoms with Crippen molar-refractivity contribution in [2.45, 2.75) is 38.9 Å². The van der Waals surface area contributed by atoms with Gasteiger partial charge in [0.15, 0.2) is 6.29 Å². The van der Waals surface area contributed by atoms with Gasteiger partial charge in [0.2, 0.25) is 0 Å². The predicted octanol–water partition coefficient (Wildman–Crippen LogP) is 4.53. The van der Waals surface area contributed by atoms with Crippen molar-refractivity contribution in [3.63, 3.8) is 0 Å². The summed E-state index contributed by atoms with van der Waals surface area (Å²) in [5.74, 6) is 0.765. The minimum atomic E-state index is -1.89. The predicted molar refractivity (Wildman–Crippen MR) is 79.7 cm³/mol. The largest absolute Gasteiger partial charge is 0.543 e. The second-order valence-electron chi connectivity index (χ2n) is 5.94. The van der Waals surface area contributed by atoms with E-state index in [0.29, 0.717) is 5.56 Å². The molecule has 0 aliphatic heterocycles. The summed E-state index contributed by atoms with van der Waals surface area (Å²) in [6, 6.07) is 5.53. The van der Waals surface area contributed by atoms with Crippen LogP contribution >= 0.6 is 0 Å². The highest BCUT2D eigenvalue weighted by atomic mass is 28.4. The molecule has 0 unspecified atom stereocenters. The minimum absolute atomic E-state index is 0.128. The SMILES string of the molecule is C=Cc1c(C=O)cccc1O[Si](C)(C)C(C)(C)C. The molecule has 2 nitrogen and oxygen atoms in total. The molecule has 98 valence electrons. The van der Waals surface area contributed by atoms with Gasteiger partial charge in [0, 0.05) is 11.1 Å². The van der Waals surface area contributed by atoms with Crippen molar-refractivity contribution in [2.24, 2.45) is 0 Å². The van der Waals surface area contributed by atoms with Crippen LogP contribution in [-0.2, 0) is 0 Å². The van der Waals surface area contributed by atoms with Gasteiger partial charge in [-0.05, 0) is 24.2 Å². The lowest BCUT2D eigenvalue weighted by atomic mass is 10.1. The van der Waals surface area contributed by atoms with E-state index in [1.165, 1.54) is 0 Å². The molecular formula is C15H22O2Si. The topological polar surface area (TPSA) is 26.3 Å². The van der Waals surface area contributed by atoms with Gasteiger partial charge in [-0.25, -0.2) is 0 Å². The van der Waals surface area contributed by atoms with E-state index in [-0.39, 0.29) is 5.04 Å². The van der Waals surface area contributed by atoms with Crippen LogP contribution in [-0.4, -0.2) is 14.6 Å². The Morgan fingerprint density at radius 1 is 1.28 bits per heavy atom. The van der Waals surface area contributed by atoms with Gasteiger partial charge in [0.25, 0.3) is 8.32 Å². The smallest absolute Gasteiger partial charge is 0.250 e. The molecular weight excluding hydrogens is 240 g/mol. The van der Waals surface area contributed by atoms with Crippen LogP contribution in [0.15, 0.2) is 24.8 Å². The third kappa shape index (κ3) is 2.90. The van der Waals surface area contributed by atoms with E-state index < -0.39 is 8.32 Å². The van der Waals surface area contributed by atoms with Crippen molar-refractivity contribution in [1.29, 1.82) is 0 Å². The summed E-state index contributed by atoms with van der Waals surface area (Å²) in [6.45, 7) is 14.7. The Kier molecular flexibility index (Phi) is 4.17. The van der Waals surface area contributed by atoms with Gasteiger partial charge in [-0.2, -0.15) is 0 Å². The Labute approximate surface area is 111 Å². The molecule has 0 fully saturated rings. The van der Waals surface area contributed by atoms with E-state index in [1.807, 2.05) is 12.1 Å². The van der Waals surface area contributed by atoms with Crippen LogP contribution in [0.25, 0.3) is 6.08 Å². The van der Waals surface area contributed by atoms with E-state index in [2.05, 4.69) is 40.4 Å². The van der Waals surface area contributed by atoms with Crippen LogP contribution in [0.1, 0.15) is 36.7 Å². The maximum atomic E-state index is 11.0. The molecule has 0 saturated heterocycles. The first kappa shape index (κ1) is 14.7. The van der Waals surface area contributed by atoms with Gasteiger partial charge in [0.05, 0.1) is 0 Å². The van der Waals surface area contributed by atoms with E-state index in [9.17, 15) is 4.79 Å². The molecule has 0 bridgehead atoms. The Balaban J connectivity index is 3.20. The third-order valence-corrected chi connectivity index (χ3v) is 7.94. The number of rotatable bonds is 4. The standard InChI is InChI=1S/C15H22O2Si/c1-7-13-12(11-16)9-8-10-14(13)17-18(5,6)15(2,3)4/h7-11H,1H2,2-6H3. The van der Waals surface area contributed by atoms with Crippen LogP contribution in [0, 0.1) is 0 Å². The highest BCUT2D eigenvalue weighted by Crippen LogP contribution is 2.38. The van der Waals surface area contributed by atoms with Gasteiger partial charge in [-0.1, -0.05) is 45.6 Å². The van der Waals surface area contributed by atoms with E-state index in [0.717, 1.165) is 17.6 Å². The molecule has 3 heteroatoms. The fourth-order valence-corrected chi connectivity index (χ4v) is 2.43. The lowest BCUT2D eigenvalue weighted by Crippen LogP contribution is -2.44. The first-order chi connectivity index (χ1) is 8.23. The lowest BCUT2D eigenvalue weighted by Gasteiger charge is -2.37. The molecule has 0 amide bonds. The Morgan fingerprint density at radius 3 is 2.33 bits per heavy atom. The number of carbonyl (C=O) groups excluding carboxylic acids is 1. The summed E-state index contributed by atoms with van der Waals surface area (Å²) in [5.41, 5.74) is 1.42. The summed E-state index contributed by atoms with van der Waals surface area (Å²) in [4.78, 5) is 11.0. The van der Waals surface area contributed by atoms with E-state index in [4.69, 9.17) is 4.43 Å². The Hall–Kier alpha value is -1.35. The van der Waals surface area contributed by atoms with Crippen molar-refractivity contribution >= 4 is 20.7 Å². The second kappa shape index (κ2) is 5.10. The average Bonchev–Trinajstić information content (AvgIpc) is 2.26. The summed E-state index contributed by atoms with van der Waals surface area (Å²) in [5, 5.41) is 0.128. The Morgan fingerprint density at radius 2 is 1.89 bits per heavy atom. The Bertz CT molecular complexity index is 456. The zero-order valence-corrected chi connectivity index (χ0v) is 12.9. The molecule has 0 N–H and O–H groups in total. The molecule has 0 radical (unpaired) electrons. The molecule has 0 heterocycles. The first-order valence-corrected chi connectivity index (χ1v) is 9.03. The van der Waals surface area contributed by atoms with Crippen molar-refractivity contribution in [1.82, 2.24) is 0 Å². The molecule has 0 spiro atoms. The van der Waals surface area contributed by atoms with Crippen LogP contribution in [0.3, 0.4) is 0 Å². The molecule has 0 saturated carbocycles. The van der Waals surface area contributed by atoms with Crippen LogP contribution < -0.4 is 4.43 Å². The van der Waals surface area contributed by atoms with Gasteiger partial charge in [-0.15, -0.1) is 0 Å². The normalized spacial score (nSPS) is 12.1. The lowest BCUT2D eigenvalue weighted by molar-refractivity contribution is 0.112. The zero-order valence-electron chi connectivity index (χ0n) is 11.9. The first-order valence-electron chi connectivity index (χ1n) is 6.12. The summed E-state index contributed by atoms with van der Waals surface area (Å²) in [7, 11) is -1.89. The summed E-state index contributed by atoms with van der Waals surface area (Å²) >= 11 is 0. The van der Waals surface area contributed by atoms with Crippen LogP contribution in [0.4, 0.5) is 0 Å². The van der Waals surface area contributed by atoms with Gasteiger partial charge < -0.3 is 4.43 Å². The van der Waals surface area contributed by atoms with Crippen molar-refractivity contribution < 1.29 is 9.22 Å². The third-order valence-electron chi connectivity index (χ3n) is 3.60. The number of aldehydes is 1. The van der Waals surface area contributed by atoms with Gasteiger partial charge >= 0.3 is 0 Å². The van der Waals surface area contributed by atoms with Crippen LogP contribution in [0.2, 0.25) is 18.1 Å². The van der Waals surface area contributed by atoms with Gasteiger partial charge in [0.1, 0.15) is 5.75 Å². The molecule has 18 heavy (non-hydrogen) atoms. The molecule has 0 atom stereocenters. The van der Waals surface area contributed by atoms with Crippen molar-refractivity contribution in [3.8, 4) is 5.75 Å². The molecule has 0 aromatic heterocycles. The molecule has 1 aromatic rings. The summed E-state index contributed by atoms with van der Waals surface area (Å²) < 4.78 is 6.24. The maximum Gasteiger partial charge on any atom is 0.250 e. The fraction of sp³-hybridized carbons (Fsp3) is 0.400. The fourth-order valence-electron chi connectivity index (χ4n) is 1.40. The number of carbonyl (C=O) groups is 1. The number of hydrogen-bond acceptors (Lipinski definition) is 2. The molecule has 1 rings (SSSR count). The minimum Gasteiger partial charge on any atom is -0.543 e. The highest BCUT2D eigenvalue weighted by Gasteiger charge is 2.39. The van der Waals surface area contributed by atoms with Crippen molar-refractivity contribution in [3.05, 3.63) is 35.9 Å². The van der Waals surface area contributed by atoms with Gasteiger partial charge in [-0.3, -0.25) is 4.79 Å².